The van der Waals surface area contributed by atoms with Crippen molar-refractivity contribution in [2.45, 2.75) is 19.9 Å². The minimum Gasteiger partial charge on any atom is -0.380 e. The molecule has 80 valence electrons. The van der Waals surface area contributed by atoms with Crippen molar-refractivity contribution in [1.82, 2.24) is 10.6 Å². The summed E-state index contributed by atoms with van der Waals surface area (Å²) in [5, 5.41) is 5.62. The third-order valence-corrected chi connectivity index (χ3v) is 1.66. The predicted octanol–water partition coefficient (Wildman–Crippen LogP) is -0.250. The van der Waals surface area contributed by atoms with Gasteiger partial charge in [0.15, 0.2) is 0 Å². The van der Waals surface area contributed by atoms with Crippen LogP contribution in [0.3, 0.4) is 0 Å². The Morgan fingerprint density at radius 3 is 2.93 bits per heavy atom. The average molecular weight is 198 g/mol. The first kappa shape index (κ1) is 12.9. The van der Waals surface area contributed by atoms with Gasteiger partial charge in [0.1, 0.15) is 0 Å². The Morgan fingerprint density at radius 1 is 1.64 bits per heavy atom. The first-order valence-electron chi connectivity index (χ1n) is 4.74. The van der Waals surface area contributed by atoms with Crippen molar-refractivity contribution in [2.75, 3.05) is 26.3 Å². The topological polar surface area (TPSA) is 50.4 Å². The Morgan fingerprint density at radius 2 is 2.36 bits per heavy atom. The summed E-state index contributed by atoms with van der Waals surface area (Å²) in [4.78, 5) is 11.3. The predicted molar refractivity (Wildman–Crippen MR) is 55.8 cm³/mol. The average Bonchev–Trinajstić information content (AvgIpc) is 2.20. The molecular formula is C10H18N2O2. The molecule has 0 heterocycles. The highest BCUT2D eigenvalue weighted by molar-refractivity contribution is 5.81. The van der Waals surface area contributed by atoms with Crippen LogP contribution >= 0.6 is 0 Å². The van der Waals surface area contributed by atoms with Crippen LogP contribution in [-0.2, 0) is 9.53 Å². The van der Waals surface area contributed by atoms with E-state index >= 15 is 0 Å². The molecule has 0 saturated carbocycles. The summed E-state index contributed by atoms with van der Waals surface area (Å²) in [6.07, 6.45) is 5.01. The Labute approximate surface area is 85.4 Å². The van der Waals surface area contributed by atoms with Gasteiger partial charge in [-0.1, -0.05) is 5.92 Å². The van der Waals surface area contributed by atoms with Crippen molar-refractivity contribution in [3.63, 3.8) is 0 Å². The zero-order chi connectivity index (χ0) is 10.8. The lowest BCUT2D eigenvalue weighted by molar-refractivity contribution is -0.122. The molecule has 0 aromatic rings. The summed E-state index contributed by atoms with van der Waals surface area (Å²) in [7, 11) is 0. The van der Waals surface area contributed by atoms with Crippen molar-refractivity contribution >= 4 is 5.91 Å². The molecule has 4 heteroatoms. The van der Waals surface area contributed by atoms with Gasteiger partial charge in [-0.3, -0.25) is 4.79 Å². The Balaban J connectivity index is 3.47. The maximum absolute atomic E-state index is 11.3. The van der Waals surface area contributed by atoms with Gasteiger partial charge in [-0.25, -0.2) is 0 Å². The lowest BCUT2D eigenvalue weighted by Gasteiger charge is -2.12. The van der Waals surface area contributed by atoms with Crippen molar-refractivity contribution in [3.8, 4) is 12.3 Å². The number of terminal acetylenes is 1. The normalized spacial score (nSPS) is 11.8. The lowest BCUT2D eigenvalue weighted by Crippen LogP contribution is -2.43. The van der Waals surface area contributed by atoms with Gasteiger partial charge in [0.05, 0.1) is 19.2 Å². The first-order chi connectivity index (χ1) is 6.72. The second kappa shape index (κ2) is 8.54. The van der Waals surface area contributed by atoms with E-state index in [0.29, 0.717) is 19.8 Å². The highest BCUT2D eigenvalue weighted by Gasteiger charge is 2.09. The van der Waals surface area contributed by atoms with Crippen LogP contribution in [0.25, 0.3) is 0 Å². The zero-order valence-electron chi connectivity index (χ0n) is 8.80. The van der Waals surface area contributed by atoms with Gasteiger partial charge in [0.25, 0.3) is 0 Å². The molecule has 0 aromatic carbocycles. The second-order valence-electron chi connectivity index (χ2n) is 2.79. The van der Waals surface area contributed by atoms with Crippen molar-refractivity contribution in [1.29, 1.82) is 0 Å². The summed E-state index contributed by atoms with van der Waals surface area (Å²) >= 11 is 0. The second-order valence-corrected chi connectivity index (χ2v) is 2.79. The van der Waals surface area contributed by atoms with Crippen LogP contribution in [0, 0.1) is 12.3 Å². The van der Waals surface area contributed by atoms with Gasteiger partial charge in [-0.2, -0.15) is 0 Å². The number of carbonyl (C=O) groups excluding carboxylic acids is 1. The SMILES string of the molecule is C#CCNC(=O)C(C)NCCOCC. The summed E-state index contributed by atoms with van der Waals surface area (Å²) < 4.78 is 5.12. The van der Waals surface area contributed by atoms with Crippen molar-refractivity contribution in [3.05, 3.63) is 0 Å². The van der Waals surface area contributed by atoms with Crippen LogP contribution in [-0.4, -0.2) is 38.3 Å². The number of ether oxygens (including phenoxy) is 1. The molecule has 0 aromatic heterocycles. The van der Waals surface area contributed by atoms with Crippen LogP contribution in [0.2, 0.25) is 0 Å². The molecule has 0 aliphatic carbocycles. The number of nitrogens with one attached hydrogen (secondary N) is 2. The van der Waals surface area contributed by atoms with E-state index < -0.39 is 0 Å². The molecule has 0 bridgehead atoms. The van der Waals surface area contributed by atoms with E-state index in [1.807, 2.05) is 6.92 Å². The standard InChI is InChI=1S/C10H18N2O2/c1-4-6-12-10(13)9(3)11-7-8-14-5-2/h1,9,11H,5-8H2,2-3H3,(H,12,13). The van der Waals surface area contributed by atoms with E-state index in [1.165, 1.54) is 0 Å². The van der Waals surface area contributed by atoms with Crippen LogP contribution in [0.15, 0.2) is 0 Å². The van der Waals surface area contributed by atoms with Gasteiger partial charge < -0.3 is 15.4 Å². The molecule has 1 atom stereocenters. The number of hydrogen-bond acceptors (Lipinski definition) is 3. The first-order valence-corrected chi connectivity index (χ1v) is 4.74. The van der Waals surface area contributed by atoms with Gasteiger partial charge in [-0.15, -0.1) is 6.42 Å². The monoisotopic (exact) mass is 198 g/mol. The highest BCUT2D eigenvalue weighted by atomic mass is 16.5. The molecule has 1 unspecified atom stereocenters. The third kappa shape index (κ3) is 6.46. The largest absolute Gasteiger partial charge is 0.380 e. The highest BCUT2D eigenvalue weighted by Crippen LogP contribution is 1.81. The Hall–Kier alpha value is -1.05. The van der Waals surface area contributed by atoms with Gasteiger partial charge in [0, 0.05) is 13.2 Å². The molecule has 4 nitrogen and oxygen atoms in total. The van der Waals surface area contributed by atoms with Crippen LogP contribution in [0.5, 0.6) is 0 Å². The van der Waals surface area contributed by atoms with E-state index in [2.05, 4.69) is 16.6 Å². The molecule has 0 spiro atoms. The van der Waals surface area contributed by atoms with Gasteiger partial charge >= 0.3 is 0 Å². The van der Waals surface area contributed by atoms with E-state index in [0.717, 1.165) is 0 Å². The molecule has 0 aliphatic rings. The molecule has 2 N–H and O–H groups in total. The fourth-order valence-corrected chi connectivity index (χ4v) is 0.876. The van der Waals surface area contributed by atoms with E-state index in [9.17, 15) is 4.79 Å². The summed E-state index contributed by atoms with van der Waals surface area (Å²) in [5.41, 5.74) is 0. The molecule has 0 saturated heterocycles. The molecule has 0 fully saturated rings. The maximum Gasteiger partial charge on any atom is 0.237 e. The van der Waals surface area contributed by atoms with Crippen LogP contribution in [0.4, 0.5) is 0 Å². The molecule has 0 aliphatic heterocycles. The van der Waals surface area contributed by atoms with Crippen LogP contribution < -0.4 is 10.6 Å². The van der Waals surface area contributed by atoms with Crippen molar-refractivity contribution in [2.24, 2.45) is 0 Å². The van der Waals surface area contributed by atoms with Gasteiger partial charge in [-0.05, 0) is 13.8 Å². The number of amides is 1. The quantitative estimate of drug-likeness (QED) is 0.438. The smallest absolute Gasteiger partial charge is 0.237 e. The fourth-order valence-electron chi connectivity index (χ4n) is 0.876. The summed E-state index contributed by atoms with van der Waals surface area (Å²) in [6, 6.07) is -0.233. The minimum absolute atomic E-state index is 0.0838. The number of carbonyl (C=O) groups is 1. The van der Waals surface area contributed by atoms with Crippen molar-refractivity contribution < 1.29 is 9.53 Å². The lowest BCUT2D eigenvalue weighted by atomic mass is 10.3. The molecular weight excluding hydrogens is 180 g/mol. The minimum atomic E-state index is -0.233. The van der Waals surface area contributed by atoms with Gasteiger partial charge in [0.2, 0.25) is 5.91 Å². The zero-order valence-corrected chi connectivity index (χ0v) is 8.80. The number of hydrogen-bond donors (Lipinski definition) is 2. The fraction of sp³-hybridized carbons (Fsp3) is 0.700. The third-order valence-electron chi connectivity index (χ3n) is 1.66. The van der Waals surface area contributed by atoms with Crippen LogP contribution in [0.1, 0.15) is 13.8 Å². The molecule has 1 amide bonds. The maximum atomic E-state index is 11.3. The summed E-state index contributed by atoms with van der Waals surface area (Å²) in [5.74, 6) is 2.26. The summed E-state index contributed by atoms with van der Waals surface area (Å²) in [6.45, 7) is 5.97. The molecule has 0 radical (unpaired) electrons. The molecule has 14 heavy (non-hydrogen) atoms. The van der Waals surface area contributed by atoms with E-state index in [-0.39, 0.29) is 18.5 Å². The van der Waals surface area contributed by atoms with E-state index in [1.54, 1.807) is 6.92 Å². The Bertz CT molecular complexity index is 199. The molecule has 0 rings (SSSR count). The number of rotatable bonds is 7. The Kier molecular flexibility index (Phi) is 7.90. The van der Waals surface area contributed by atoms with E-state index in [4.69, 9.17) is 11.2 Å².